The van der Waals surface area contributed by atoms with Crippen LogP contribution in [-0.4, -0.2) is 64.9 Å². The third-order valence-corrected chi connectivity index (χ3v) is 11.6. The Labute approximate surface area is 377 Å². The van der Waals surface area contributed by atoms with Gasteiger partial charge in [-0.3, -0.25) is 18.6 Å². The van der Waals surface area contributed by atoms with Crippen molar-refractivity contribution >= 4 is 25.7 Å². The first-order chi connectivity index (χ1) is 30.1. The van der Waals surface area contributed by atoms with Gasteiger partial charge in [0.1, 0.15) is 12.7 Å². The smallest absolute Gasteiger partial charge is 0.472 e. The molecule has 0 aromatic heterocycles. The van der Waals surface area contributed by atoms with Crippen LogP contribution < -0.4 is 5.32 Å². The second kappa shape index (κ2) is 45.0. The average Bonchev–Trinajstić information content (AvgIpc) is 3.25. The van der Waals surface area contributed by atoms with Gasteiger partial charge in [-0.25, -0.2) is 9.36 Å². The van der Waals surface area contributed by atoms with Crippen LogP contribution in [0.25, 0.3) is 0 Å². The predicted molar refractivity (Wildman–Crippen MR) is 254 cm³/mol. The van der Waals surface area contributed by atoms with E-state index in [4.69, 9.17) is 13.8 Å². The SMILES string of the molecule is CCCCC/C=C\C/C=C\C/C=C\C/C=C\CCCC(=O)NC(COP(=O)(O)OCC(O)COC(=O)CCCCCCCCCCCCCCCCCCCCCCC)C(=O)O. The van der Waals surface area contributed by atoms with Crippen molar-refractivity contribution in [3.05, 3.63) is 48.6 Å². The van der Waals surface area contributed by atoms with Gasteiger partial charge in [0.25, 0.3) is 0 Å². The molecule has 0 spiro atoms. The number of allylic oxidation sites excluding steroid dienone is 8. The van der Waals surface area contributed by atoms with Gasteiger partial charge < -0.3 is 25.2 Å². The Morgan fingerprint density at radius 2 is 0.903 bits per heavy atom. The molecule has 11 nitrogen and oxygen atoms in total. The van der Waals surface area contributed by atoms with Gasteiger partial charge in [0.2, 0.25) is 5.91 Å². The lowest BCUT2D eigenvalue weighted by molar-refractivity contribution is -0.147. The first kappa shape index (κ1) is 59.4. The molecule has 1 amide bonds. The summed E-state index contributed by atoms with van der Waals surface area (Å²) in [4.78, 5) is 46.0. The number of esters is 1. The second-order valence-electron chi connectivity index (χ2n) is 16.7. The van der Waals surface area contributed by atoms with Gasteiger partial charge in [0.05, 0.1) is 13.2 Å². The fourth-order valence-electron chi connectivity index (χ4n) is 6.78. The Kier molecular flexibility index (Phi) is 43.2. The van der Waals surface area contributed by atoms with Gasteiger partial charge in [-0.15, -0.1) is 0 Å². The highest BCUT2D eigenvalue weighted by molar-refractivity contribution is 7.47. The Morgan fingerprint density at radius 3 is 1.35 bits per heavy atom. The number of ether oxygens (including phenoxy) is 1. The summed E-state index contributed by atoms with van der Waals surface area (Å²) in [6.07, 6.45) is 51.5. The highest BCUT2D eigenvalue weighted by Crippen LogP contribution is 2.43. The van der Waals surface area contributed by atoms with Crippen molar-refractivity contribution < 1.29 is 47.8 Å². The number of carboxylic acid groups (broad SMARTS) is 1. The number of rotatable bonds is 46. The number of aliphatic hydroxyl groups excluding tert-OH is 1. The van der Waals surface area contributed by atoms with Gasteiger partial charge >= 0.3 is 19.8 Å². The molecular formula is C50H90NO10P. The number of unbranched alkanes of at least 4 members (excludes halogenated alkanes) is 24. The summed E-state index contributed by atoms with van der Waals surface area (Å²) < 4.78 is 26.9. The zero-order valence-corrected chi connectivity index (χ0v) is 40.1. The van der Waals surface area contributed by atoms with Gasteiger partial charge in [-0.05, 0) is 51.4 Å². The maximum Gasteiger partial charge on any atom is 0.472 e. The zero-order valence-electron chi connectivity index (χ0n) is 39.2. The second-order valence-corrected chi connectivity index (χ2v) is 18.1. The van der Waals surface area contributed by atoms with E-state index in [9.17, 15) is 34.1 Å². The summed E-state index contributed by atoms with van der Waals surface area (Å²) in [5.74, 6) is -2.45. The molecule has 0 fully saturated rings. The Bertz CT molecular complexity index is 1240. The molecule has 0 aromatic rings. The van der Waals surface area contributed by atoms with E-state index in [-0.39, 0.29) is 12.8 Å². The van der Waals surface area contributed by atoms with Crippen molar-refractivity contribution in [1.29, 1.82) is 0 Å². The summed E-state index contributed by atoms with van der Waals surface area (Å²) >= 11 is 0. The molecule has 0 aliphatic heterocycles. The van der Waals surface area contributed by atoms with Gasteiger partial charge in [-0.2, -0.15) is 0 Å². The van der Waals surface area contributed by atoms with Crippen LogP contribution in [0.5, 0.6) is 0 Å². The summed E-state index contributed by atoms with van der Waals surface area (Å²) in [5.41, 5.74) is 0. The number of aliphatic hydroxyl groups is 1. The van der Waals surface area contributed by atoms with E-state index in [0.29, 0.717) is 19.3 Å². The average molecular weight is 896 g/mol. The minimum atomic E-state index is -4.77. The molecule has 3 unspecified atom stereocenters. The minimum Gasteiger partial charge on any atom is -0.480 e. The highest BCUT2D eigenvalue weighted by Gasteiger charge is 2.28. The van der Waals surface area contributed by atoms with E-state index in [1.807, 2.05) is 12.2 Å². The van der Waals surface area contributed by atoms with Crippen LogP contribution in [0.3, 0.4) is 0 Å². The summed E-state index contributed by atoms with van der Waals surface area (Å²) in [6, 6.07) is -1.58. The number of hydrogen-bond donors (Lipinski definition) is 4. The van der Waals surface area contributed by atoms with Crippen molar-refractivity contribution in [2.24, 2.45) is 0 Å². The van der Waals surface area contributed by atoms with Gasteiger partial charge in [0.15, 0.2) is 6.04 Å². The fourth-order valence-corrected chi connectivity index (χ4v) is 7.55. The van der Waals surface area contributed by atoms with Gasteiger partial charge in [0, 0.05) is 12.8 Å². The molecule has 0 heterocycles. The number of amides is 1. The quantitative estimate of drug-likeness (QED) is 0.0200. The number of phosphoric ester groups is 1. The minimum absolute atomic E-state index is 0.0691. The molecule has 0 aliphatic rings. The molecule has 4 N–H and O–H groups in total. The molecule has 360 valence electrons. The predicted octanol–water partition coefficient (Wildman–Crippen LogP) is 13.3. The van der Waals surface area contributed by atoms with Crippen molar-refractivity contribution in [3.8, 4) is 0 Å². The van der Waals surface area contributed by atoms with Crippen LogP contribution in [-0.2, 0) is 32.7 Å². The van der Waals surface area contributed by atoms with Crippen molar-refractivity contribution in [3.63, 3.8) is 0 Å². The van der Waals surface area contributed by atoms with Crippen molar-refractivity contribution in [1.82, 2.24) is 5.32 Å². The lowest BCUT2D eigenvalue weighted by atomic mass is 10.0. The van der Waals surface area contributed by atoms with E-state index in [1.54, 1.807) is 0 Å². The molecule has 0 bridgehead atoms. The van der Waals surface area contributed by atoms with Crippen LogP contribution >= 0.6 is 7.82 Å². The van der Waals surface area contributed by atoms with Crippen LogP contribution in [0.4, 0.5) is 0 Å². The molecular weight excluding hydrogens is 806 g/mol. The molecule has 0 saturated heterocycles. The van der Waals surface area contributed by atoms with Crippen LogP contribution in [0.15, 0.2) is 48.6 Å². The molecule has 12 heteroatoms. The topological polar surface area (TPSA) is 169 Å². The maximum atomic E-state index is 12.3. The first-order valence-corrected chi connectivity index (χ1v) is 26.2. The first-order valence-electron chi connectivity index (χ1n) is 24.7. The van der Waals surface area contributed by atoms with E-state index < -0.39 is 57.6 Å². The normalized spacial score (nSPS) is 14.0. The number of phosphoric acid groups is 1. The van der Waals surface area contributed by atoms with E-state index in [2.05, 4.69) is 55.6 Å². The maximum absolute atomic E-state index is 12.3. The van der Waals surface area contributed by atoms with Crippen LogP contribution in [0.2, 0.25) is 0 Å². The number of carboxylic acids is 1. The third kappa shape index (κ3) is 44.1. The summed E-state index contributed by atoms with van der Waals surface area (Å²) in [6.45, 7) is 2.55. The lowest BCUT2D eigenvalue weighted by Gasteiger charge is -2.18. The van der Waals surface area contributed by atoms with E-state index >= 15 is 0 Å². The van der Waals surface area contributed by atoms with Crippen LogP contribution in [0.1, 0.15) is 219 Å². The van der Waals surface area contributed by atoms with Crippen molar-refractivity contribution in [2.45, 2.75) is 231 Å². The van der Waals surface area contributed by atoms with Crippen molar-refractivity contribution in [2.75, 3.05) is 19.8 Å². The number of hydrogen-bond acceptors (Lipinski definition) is 8. The Morgan fingerprint density at radius 1 is 0.516 bits per heavy atom. The summed E-state index contributed by atoms with van der Waals surface area (Å²) in [5, 5.41) is 21.8. The molecule has 0 aliphatic carbocycles. The Hall–Kier alpha value is -2.56. The van der Waals surface area contributed by atoms with E-state index in [0.717, 1.165) is 44.9 Å². The van der Waals surface area contributed by atoms with E-state index in [1.165, 1.54) is 128 Å². The molecule has 0 aromatic carbocycles. The molecule has 62 heavy (non-hydrogen) atoms. The number of carbonyl (C=O) groups excluding carboxylic acids is 2. The standard InChI is InChI=1S/C50H90NO10P/c1-3-5-7-9-11-13-15-17-19-21-22-23-24-26-28-30-32-34-36-38-40-42-49(54)59-43-46(52)44-60-62(57,58)61-45-47(50(55)56)51-48(53)41-39-37-35-33-31-29-27-25-20-18-16-14-12-10-8-6-4-2/h12,14,18,20,27,29,33,35,46-47,52H,3-11,13,15-17,19,21-26,28,30-32,34,36-45H2,1-2H3,(H,51,53)(H,55,56)(H,57,58)/b14-12-,20-18-,29-27-,35-33-. The third-order valence-electron chi connectivity index (χ3n) is 10.6. The number of nitrogens with one attached hydrogen (secondary N) is 1. The summed E-state index contributed by atoms with van der Waals surface area (Å²) in [7, 11) is -4.77. The fraction of sp³-hybridized carbons (Fsp3) is 0.780. The Balaban J connectivity index is 3.88. The van der Waals surface area contributed by atoms with Crippen LogP contribution in [0, 0.1) is 0 Å². The van der Waals surface area contributed by atoms with Gasteiger partial charge in [-0.1, -0.05) is 204 Å². The molecule has 0 radical (unpaired) electrons. The largest absolute Gasteiger partial charge is 0.480 e. The number of aliphatic carboxylic acids is 1. The zero-order chi connectivity index (χ0) is 45.6. The monoisotopic (exact) mass is 896 g/mol. The molecule has 0 rings (SSSR count). The molecule has 3 atom stereocenters. The lowest BCUT2D eigenvalue weighted by Crippen LogP contribution is -2.43. The highest BCUT2D eigenvalue weighted by atomic mass is 31.2. The molecule has 0 saturated carbocycles. The number of carbonyl (C=O) groups is 3.